The Labute approximate surface area is 135 Å². The lowest BCUT2D eigenvalue weighted by atomic mass is 10.1. The molecule has 1 aromatic heterocycles. The van der Waals surface area contributed by atoms with Crippen LogP contribution in [0.2, 0.25) is 0 Å². The minimum atomic E-state index is -1.55. The first kappa shape index (κ1) is 17.2. The first-order chi connectivity index (χ1) is 10.9. The zero-order valence-corrected chi connectivity index (χ0v) is 13.5. The number of hydrogen-bond donors (Lipinski definition) is 1. The molecule has 0 fully saturated rings. The maximum absolute atomic E-state index is 14.4. The van der Waals surface area contributed by atoms with E-state index in [1.54, 1.807) is 6.07 Å². The predicted molar refractivity (Wildman–Crippen MR) is 81.9 cm³/mol. The van der Waals surface area contributed by atoms with Crippen molar-refractivity contribution < 1.29 is 33.3 Å². The van der Waals surface area contributed by atoms with Gasteiger partial charge in [-0.05, 0) is 6.07 Å². The highest BCUT2D eigenvalue weighted by Gasteiger charge is 2.23. The van der Waals surface area contributed by atoms with E-state index in [0.29, 0.717) is 4.70 Å². The van der Waals surface area contributed by atoms with Crippen molar-refractivity contribution in [3.05, 3.63) is 22.8 Å². The van der Waals surface area contributed by atoms with Gasteiger partial charge in [0.05, 0.1) is 26.2 Å². The van der Waals surface area contributed by atoms with Crippen LogP contribution in [0.3, 0.4) is 0 Å². The summed E-state index contributed by atoms with van der Waals surface area (Å²) in [6.07, 6.45) is -1.98. The lowest BCUT2D eigenvalue weighted by Crippen LogP contribution is -2.24. The normalized spacial score (nSPS) is 12.0. The summed E-state index contributed by atoms with van der Waals surface area (Å²) in [5.41, 5.74) is 0. The molecule has 8 heteroatoms. The molecular formula is C15H15FO6S. The molecule has 1 aromatic carbocycles. The molecule has 124 valence electrons. The molecule has 0 saturated heterocycles. The molecule has 0 amide bonds. The Morgan fingerprint density at radius 1 is 1.26 bits per heavy atom. The van der Waals surface area contributed by atoms with Crippen LogP contribution in [0.1, 0.15) is 16.1 Å². The summed E-state index contributed by atoms with van der Waals surface area (Å²) in [5.74, 6) is -1.85. The number of methoxy groups -OCH3 is 3. The molecule has 1 atom stereocenters. The third-order valence-electron chi connectivity index (χ3n) is 3.23. The Balaban J connectivity index is 2.38. The smallest absolute Gasteiger partial charge is 0.335 e. The molecule has 0 radical (unpaired) electrons. The molecule has 2 aromatic rings. The minimum Gasteiger partial charge on any atom is -0.493 e. The summed E-state index contributed by atoms with van der Waals surface area (Å²) >= 11 is 1.04. The number of thiophene rings is 1. The van der Waals surface area contributed by atoms with Crippen LogP contribution in [-0.4, -0.2) is 44.3 Å². The van der Waals surface area contributed by atoms with E-state index in [2.05, 4.69) is 4.74 Å². The van der Waals surface area contributed by atoms with E-state index < -0.39 is 30.1 Å². The van der Waals surface area contributed by atoms with Gasteiger partial charge in [0.2, 0.25) is 0 Å². The van der Waals surface area contributed by atoms with Crippen LogP contribution in [0, 0.1) is 5.82 Å². The van der Waals surface area contributed by atoms with Gasteiger partial charge in [0.15, 0.2) is 29.2 Å². The van der Waals surface area contributed by atoms with Crippen LogP contribution in [-0.2, 0) is 9.53 Å². The quantitative estimate of drug-likeness (QED) is 0.640. The monoisotopic (exact) mass is 342 g/mol. The van der Waals surface area contributed by atoms with Crippen molar-refractivity contribution in [1.29, 1.82) is 0 Å². The highest BCUT2D eigenvalue weighted by Crippen LogP contribution is 2.39. The van der Waals surface area contributed by atoms with Crippen LogP contribution >= 0.6 is 11.3 Å². The van der Waals surface area contributed by atoms with Crippen molar-refractivity contribution in [2.45, 2.75) is 12.5 Å². The predicted octanol–water partition coefficient (Wildman–Crippen LogP) is 2.16. The Bertz CT molecular complexity index is 754. The molecule has 6 nitrogen and oxygen atoms in total. The summed E-state index contributed by atoms with van der Waals surface area (Å²) in [4.78, 5) is 23.5. The van der Waals surface area contributed by atoms with Gasteiger partial charge < -0.3 is 19.3 Å². The average Bonchev–Trinajstić information content (AvgIpc) is 2.98. The highest BCUT2D eigenvalue weighted by molar-refractivity contribution is 7.20. The number of ketones is 1. The van der Waals surface area contributed by atoms with Crippen LogP contribution < -0.4 is 9.47 Å². The molecule has 0 aliphatic rings. The first-order valence-electron chi connectivity index (χ1n) is 6.56. The number of benzene rings is 1. The standard InChI is InChI=1S/C15H15FO6S/c1-20-10-6-11-7(13(16)14(10)21-2)4-12(23-11)8(17)5-9(18)15(19)22-3/h4,6,9,18H,5H2,1-3H3/t9-/m0/s1. The fourth-order valence-corrected chi connectivity index (χ4v) is 3.11. The van der Waals surface area contributed by atoms with E-state index >= 15 is 0 Å². The molecule has 0 spiro atoms. The van der Waals surface area contributed by atoms with Gasteiger partial charge in [-0.3, -0.25) is 4.79 Å². The van der Waals surface area contributed by atoms with Crippen LogP contribution in [0.4, 0.5) is 4.39 Å². The van der Waals surface area contributed by atoms with E-state index in [1.165, 1.54) is 20.3 Å². The molecule has 0 aliphatic carbocycles. The molecular weight excluding hydrogens is 327 g/mol. The topological polar surface area (TPSA) is 82.1 Å². The number of rotatable bonds is 6. The van der Waals surface area contributed by atoms with Gasteiger partial charge in [-0.1, -0.05) is 0 Å². The van der Waals surface area contributed by atoms with Crippen molar-refractivity contribution in [2.75, 3.05) is 21.3 Å². The van der Waals surface area contributed by atoms with E-state index in [-0.39, 0.29) is 21.8 Å². The average molecular weight is 342 g/mol. The van der Waals surface area contributed by atoms with Gasteiger partial charge in [0, 0.05) is 22.6 Å². The third kappa shape index (κ3) is 3.27. The Kier molecular flexibility index (Phi) is 5.17. The molecule has 0 saturated carbocycles. The number of carbonyl (C=O) groups excluding carboxylic acids is 2. The number of esters is 1. The molecule has 1 heterocycles. The zero-order chi connectivity index (χ0) is 17.1. The van der Waals surface area contributed by atoms with E-state index in [4.69, 9.17) is 9.47 Å². The summed E-state index contributed by atoms with van der Waals surface area (Å²) in [7, 11) is 3.82. The lowest BCUT2D eigenvalue weighted by Gasteiger charge is -2.08. The van der Waals surface area contributed by atoms with Gasteiger partial charge in [-0.15, -0.1) is 11.3 Å². The second kappa shape index (κ2) is 6.93. The summed E-state index contributed by atoms with van der Waals surface area (Å²) in [6, 6.07) is 2.93. The number of halogens is 1. The number of aliphatic hydroxyl groups excluding tert-OH is 1. The van der Waals surface area contributed by atoms with E-state index in [0.717, 1.165) is 18.4 Å². The van der Waals surface area contributed by atoms with Gasteiger partial charge in [0.1, 0.15) is 0 Å². The Hall–Kier alpha value is -2.19. The molecule has 2 rings (SSSR count). The minimum absolute atomic E-state index is 0.0496. The van der Waals surface area contributed by atoms with E-state index in [9.17, 15) is 19.1 Å². The SMILES string of the molecule is COC(=O)[C@@H](O)CC(=O)c1cc2c(F)c(OC)c(OC)cc2s1. The Morgan fingerprint density at radius 2 is 1.96 bits per heavy atom. The van der Waals surface area contributed by atoms with Crippen molar-refractivity contribution in [1.82, 2.24) is 0 Å². The second-order valence-electron chi connectivity index (χ2n) is 4.61. The number of aliphatic hydroxyl groups is 1. The maximum atomic E-state index is 14.4. The van der Waals surface area contributed by atoms with Gasteiger partial charge in [0.25, 0.3) is 0 Å². The maximum Gasteiger partial charge on any atom is 0.335 e. The summed E-state index contributed by atoms with van der Waals surface area (Å²) < 4.78 is 29.3. The fourth-order valence-electron chi connectivity index (χ4n) is 2.07. The number of Topliss-reactive ketones (excluding diaryl/α,β-unsaturated/α-hetero) is 1. The van der Waals surface area contributed by atoms with Gasteiger partial charge >= 0.3 is 5.97 Å². The highest BCUT2D eigenvalue weighted by atomic mass is 32.1. The number of ether oxygens (including phenoxy) is 3. The number of hydrogen-bond acceptors (Lipinski definition) is 7. The largest absolute Gasteiger partial charge is 0.493 e. The number of fused-ring (bicyclic) bond motifs is 1. The van der Waals surface area contributed by atoms with Crippen molar-refractivity contribution in [3.63, 3.8) is 0 Å². The Morgan fingerprint density at radius 3 is 2.52 bits per heavy atom. The molecule has 0 aliphatic heterocycles. The van der Waals surface area contributed by atoms with E-state index in [1.807, 2.05) is 0 Å². The number of carbonyl (C=O) groups is 2. The van der Waals surface area contributed by atoms with Gasteiger partial charge in [-0.25, -0.2) is 9.18 Å². The van der Waals surface area contributed by atoms with Crippen molar-refractivity contribution in [3.8, 4) is 11.5 Å². The molecule has 0 bridgehead atoms. The van der Waals surface area contributed by atoms with Gasteiger partial charge in [-0.2, -0.15) is 0 Å². The second-order valence-corrected chi connectivity index (χ2v) is 5.70. The molecule has 1 N–H and O–H groups in total. The zero-order valence-electron chi connectivity index (χ0n) is 12.7. The molecule has 23 heavy (non-hydrogen) atoms. The third-order valence-corrected chi connectivity index (χ3v) is 4.36. The van der Waals surface area contributed by atoms with Crippen LogP contribution in [0.25, 0.3) is 10.1 Å². The van der Waals surface area contributed by atoms with Crippen molar-refractivity contribution in [2.24, 2.45) is 0 Å². The fraction of sp³-hybridized carbons (Fsp3) is 0.333. The van der Waals surface area contributed by atoms with Crippen LogP contribution in [0.5, 0.6) is 11.5 Å². The summed E-state index contributed by atoms with van der Waals surface area (Å²) in [6.45, 7) is 0. The molecule has 0 unspecified atom stereocenters. The van der Waals surface area contributed by atoms with Crippen LogP contribution in [0.15, 0.2) is 12.1 Å². The summed E-state index contributed by atoms with van der Waals surface area (Å²) in [5, 5.41) is 9.75. The lowest BCUT2D eigenvalue weighted by molar-refractivity contribution is -0.150. The van der Waals surface area contributed by atoms with Crippen molar-refractivity contribution >= 4 is 33.2 Å². The first-order valence-corrected chi connectivity index (χ1v) is 7.37.